The molecule has 3 N–H and O–H groups in total. The molecule has 0 atom stereocenters. The van der Waals surface area contributed by atoms with Crippen molar-refractivity contribution in [3.05, 3.63) is 77.7 Å². The summed E-state index contributed by atoms with van der Waals surface area (Å²) in [5, 5.41) is 7.60. The monoisotopic (exact) mass is 437 g/mol. The Labute approximate surface area is 184 Å². The number of nitrogens with one attached hydrogen (secondary N) is 3. The highest BCUT2D eigenvalue weighted by Crippen LogP contribution is 2.29. The van der Waals surface area contributed by atoms with E-state index in [1.807, 2.05) is 24.3 Å². The van der Waals surface area contributed by atoms with E-state index in [4.69, 9.17) is 4.42 Å². The van der Waals surface area contributed by atoms with E-state index in [1.54, 1.807) is 17.8 Å². The maximum atomic E-state index is 12.1. The third-order valence-corrected chi connectivity index (χ3v) is 5.45. The molecule has 7 nitrogen and oxygen atoms in total. The smallest absolute Gasteiger partial charge is 0.287 e. The van der Waals surface area contributed by atoms with Crippen molar-refractivity contribution in [3.63, 3.8) is 0 Å². The van der Waals surface area contributed by atoms with E-state index in [2.05, 4.69) is 48.0 Å². The quantitative estimate of drug-likeness (QED) is 0.501. The first-order valence-corrected chi connectivity index (χ1v) is 10.5. The van der Waals surface area contributed by atoms with Crippen molar-refractivity contribution < 1.29 is 18.8 Å². The molecular formula is C23H23N3O4S. The third-order valence-electron chi connectivity index (χ3n) is 4.45. The van der Waals surface area contributed by atoms with Gasteiger partial charge in [-0.3, -0.25) is 14.4 Å². The minimum Gasteiger partial charge on any atom is -0.459 e. The maximum absolute atomic E-state index is 12.1. The molecule has 0 radical (unpaired) electrons. The fourth-order valence-electron chi connectivity index (χ4n) is 2.62. The van der Waals surface area contributed by atoms with Crippen molar-refractivity contribution in [2.75, 3.05) is 18.4 Å². The van der Waals surface area contributed by atoms with Gasteiger partial charge in [0.15, 0.2) is 5.76 Å². The lowest BCUT2D eigenvalue weighted by Gasteiger charge is -2.09. The minimum atomic E-state index is -0.497. The first-order valence-electron chi connectivity index (χ1n) is 9.64. The number of rotatable bonds is 8. The number of hydrogen-bond acceptors (Lipinski definition) is 5. The SMILES string of the molecule is Cc1ccc(Sc2ccc(NC(=O)CNC(=O)CNC(=O)c3ccco3)cc2)cc1C. The van der Waals surface area contributed by atoms with E-state index in [1.165, 1.54) is 23.5 Å². The van der Waals surface area contributed by atoms with Gasteiger partial charge in [-0.1, -0.05) is 17.8 Å². The Balaban J connectivity index is 1.41. The molecule has 0 bridgehead atoms. The summed E-state index contributed by atoms with van der Waals surface area (Å²) >= 11 is 1.65. The average molecular weight is 438 g/mol. The van der Waals surface area contributed by atoms with Gasteiger partial charge in [0, 0.05) is 15.5 Å². The molecule has 8 heteroatoms. The van der Waals surface area contributed by atoms with E-state index < -0.39 is 11.8 Å². The number of benzene rings is 2. The van der Waals surface area contributed by atoms with Crippen molar-refractivity contribution in [3.8, 4) is 0 Å². The van der Waals surface area contributed by atoms with Crippen LogP contribution in [0.4, 0.5) is 5.69 Å². The number of aryl methyl sites for hydroxylation is 2. The molecule has 0 aliphatic heterocycles. The van der Waals surface area contributed by atoms with Gasteiger partial charge in [0.1, 0.15) is 0 Å². The summed E-state index contributed by atoms with van der Waals surface area (Å²) in [7, 11) is 0. The Kier molecular flexibility index (Phi) is 7.50. The van der Waals surface area contributed by atoms with Crippen LogP contribution in [-0.4, -0.2) is 30.8 Å². The normalized spacial score (nSPS) is 10.4. The molecule has 2 aromatic carbocycles. The largest absolute Gasteiger partial charge is 0.459 e. The number of furan rings is 1. The van der Waals surface area contributed by atoms with E-state index in [0.29, 0.717) is 5.69 Å². The fourth-order valence-corrected chi connectivity index (χ4v) is 3.54. The van der Waals surface area contributed by atoms with Crippen LogP contribution in [0.15, 0.2) is 75.1 Å². The minimum absolute atomic E-state index is 0.115. The van der Waals surface area contributed by atoms with E-state index in [0.717, 1.165) is 9.79 Å². The first-order chi connectivity index (χ1) is 14.9. The summed E-state index contributed by atoms with van der Waals surface area (Å²) in [6.07, 6.45) is 1.37. The molecule has 31 heavy (non-hydrogen) atoms. The van der Waals surface area contributed by atoms with Gasteiger partial charge in [0.25, 0.3) is 5.91 Å². The van der Waals surface area contributed by atoms with Crippen LogP contribution in [0, 0.1) is 13.8 Å². The van der Waals surface area contributed by atoms with Gasteiger partial charge in [-0.15, -0.1) is 0 Å². The highest BCUT2D eigenvalue weighted by Gasteiger charge is 2.11. The maximum Gasteiger partial charge on any atom is 0.287 e. The van der Waals surface area contributed by atoms with Crippen molar-refractivity contribution in [2.45, 2.75) is 23.6 Å². The Hall–Kier alpha value is -3.52. The second-order valence-corrected chi connectivity index (χ2v) is 8.00. The standard InChI is InChI=1S/C23H23N3O4S/c1-15-5-8-19(12-16(15)2)31-18-9-6-17(7-10-18)26-22(28)14-24-21(27)13-25-23(29)20-4-3-11-30-20/h3-12H,13-14H2,1-2H3,(H,24,27)(H,25,29)(H,26,28). The Morgan fingerprint density at radius 3 is 2.23 bits per heavy atom. The van der Waals surface area contributed by atoms with E-state index >= 15 is 0 Å². The van der Waals surface area contributed by atoms with Crippen molar-refractivity contribution in [1.82, 2.24) is 10.6 Å². The molecule has 3 rings (SSSR count). The topological polar surface area (TPSA) is 100 Å². The third kappa shape index (κ3) is 6.75. The molecular weight excluding hydrogens is 414 g/mol. The highest BCUT2D eigenvalue weighted by molar-refractivity contribution is 7.99. The van der Waals surface area contributed by atoms with Crippen LogP contribution < -0.4 is 16.0 Å². The van der Waals surface area contributed by atoms with Crippen LogP contribution in [-0.2, 0) is 9.59 Å². The number of amides is 3. The van der Waals surface area contributed by atoms with Gasteiger partial charge in [0.05, 0.1) is 19.4 Å². The fraction of sp³-hybridized carbons (Fsp3) is 0.174. The van der Waals surface area contributed by atoms with Crippen LogP contribution >= 0.6 is 11.8 Å². The summed E-state index contributed by atoms with van der Waals surface area (Å²) in [6, 6.07) is 16.9. The molecule has 0 saturated carbocycles. The lowest BCUT2D eigenvalue weighted by atomic mass is 10.1. The van der Waals surface area contributed by atoms with Crippen LogP contribution in [0.25, 0.3) is 0 Å². The zero-order valence-corrected chi connectivity index (χ0v) is 18.0. The number of anilines is 1. The van der Waals surface area contributed by atoms with Crippen molar-refractivity contribution in [1.29, 1.82) is 0 Å². The predicted molar refractivity (Wildman–Crippen MR) is 119 cm³/mol. The van der Waals surface area contributed by atoms with Crippen LogP contribution in [0.1, 0.15) is 21.7 Å². The van der Waals surface area contributed by atoms with Crippen LogP contribution in [0.3, 0.4) is 0 Å². The molecule has 3 amide bonds. The Bertz CT molecular complexity index is 1060. The van der Waals surface area contributed by atoms with Crippen molar-refractivity contribution >= 4 is 35.2 Å². The second kappa shape index (κ2) is 10.5. The molecule has 3 aromatic rings. The predicted octanol–water partition coefficient (Wildman–Crippen LogP) is 3.53. The van der Waals surface area contributed by atoms with Crippen LogP contribution in [0.5, 0.6) is 0 Å². The zero-order chi connectivity index (χ0) is 22.2. The summed E-state index contributed by atoms with van der Waals surface area (Å²) in [6.45, 7) is 3.72. The Morgan fingerprint density at radius 2 is 1.55 bits per heavy atom. The highest BCUT2D eigenvalue weighted by atomic mass is 32.2. The van der Waals surface area contributed by atoms with Gasteiger partial charge in [-0.2, -0.15) is 0 Å². The van der Waals surface area contributed by atoms with Gasteiger partial charge in [0.2, 0.25) is 11.8 Å². The number of carbonyl (C=O) groups is 3. The van der Waals surface area contributed by atoms with Gasteiger partial charge >= 0.3 is 0 Å². The van der Waals surface area contributed by atoms with E-state index in [9.17, 15) is 14.4 Å². The number of hydrogen-bond donors (Lipinski definition) is 3. The summed E-state index contributed by atoms with van der Waals surface area (Å²) in [5.74, 6) is -1.22. The van der Waals surface area contributed by atoms with Crippen molar-refractivity contribution in [2.24, 2.45) is 0 Å². The average Bonchev–Trinajstić information content (AvgIpc) is 3.30. The summed E-state index contributed by atoms with van der Waals surface area (Å²) in [4.78, 5) is 37.8. The zero-order valence-electron chi connectivity index (χ0n) is 17.2. The molecule has 0 saturated heterocycles. The summed E-state index contributed by atoms with van der Waals surface area (Å²) in [5.41, 5.74) is 3.14. The molecule has 0 aliphatic carbocycles. The first kappa shape index (κ1) is 22.2. The molecule has 0 fully saturated rings. The lowest BCUT2D eigenvalue weighted by Crippen LogP contribution is -2.40. The van der Waals surface area contributed by atoms with Gasteiger partial charge < -0.3 is 20.4 Å². The summed E-state index contributed by atoms with van der Waals surface area (Å²) < 4.78 is 4.93. The Morgan fingerprint density at radius 1 is 0.839 bits per heavy atom. The molecule has 0 aliphatic rings. The number of carbonyl (C=O) groups excluding carboxylic acids is 3. The molecule has 1 heterocycles. The molecule has 0 spiro atoms. The lowest BCUT2D eigenvalue weighted by molar-refractivity contribution is -0.123. The molecule has 0 unspecified atom stereocenters. The van der Waals surface area contributed by atoms with E-state index in [-0.39, 0.29) is 24.8 Å². The molecule has 1 aromatic heterocycles. The van der Waals surface area contributed by atoms with Crippen LogP contribution in [0.2, 0.25) is 0 Å². The van der Waals surface area contributed by atoms with Gasteiger partial charge in [-0.25, -0.2) is 0 Å². The van der Waals surface area contributed by atoms with Gasteiger partial charge in [-0.05, 0) is 73.5 Å². The second-order valence-electron chi connectivity index (χ2n) is 6.86. The molecule has 160 valence electrons.